The van der Waals surface area contributed by atoms with E-state index in [1.807, 2.05) is 0 Å². The minimum atomic E-state index is -4.06. The molecule has 1 aromatic rings. The second-order valence-corrected chi connectivity index (χ2v) is 11.9. The maximum absolute atomic E-state index is 11.7. The van der Waals surface area contributed by atoms with Crippen molar-refractivity contribution in [3.63, 3.8) is 0 Å². The van der Waals surface area contributed by atoms with Gasteiger partial charge in [-0.15, -0.1) is 0 Å². The second-order valence-electron chi connectivity index (χ2n) is 9.93. The third-order valence-electron chi connectivity index (χ3n) is 6.61. The van der Waals surface area contributed by atoms with Crippen LogP contribution in [0.25, 0.3) is 0 Å². The van der Waals surface area contributed by atoms with Crippen molar-refractivity contribution in [1.29, 1.82) is 5.26 Å². The summed E-state index contributed by atoms with van der Waals surface area (Å²) in [6, 6.07) is 7.16. The summed E-state index contributed by atoms with van der Waals surface area (Å²) in [6.45, 7) is 2.47. The smallest absolute Gasteiger partial charge is 0.371 e. The van der Waals surface area contributed by atoms with Gasteiger partial charge in [-0.05, 0) is 30.2 Å². The first-order valence-corrected chi connectivity index (χ1v) is 16.1. The summed E-state index contributed by atoms with van der Waals surface area (Å²) in [4.78, 5) is 9.58. The van der Waals surface area contributed by atoms with Gasteiger partial charge in [0.15, 0.2) is 0 Å². The van der Waals surface area contributed by atoms with E-state index in [9.17, 15) is 9.46 Å². The third kappa shape index (κ3) is 18.9. The number of unbranched alkanes of at least 4 members (excludes halogenated alkanes) is 15. The molecule has 1 N–H and O–H groups in total. The average molecular weight is 558 g/mol. The van der Waals surface area contributed by atoms with Crippen LogP contribution in [0, 0.1) is 11.3 Å². The van der Waals surface area contributed by atoms with Crippen molar-refractivity contribution in [2.75, 3.05) is 13.7 Å². The van der Waals surface area contributed by atoms with Crippen molar-refractivity contribution in [3.8, 4) is 6.07 Å². The van der Waals surface area contributed by atoms with Crippen LogP contribution in [0.4, 0.5) is 0 Å². The lowest BCUT2D eigenvalue weighted by atomic mass is 10.0. The number of hydrogen-bond acceptors (Lipinski definition) is 5. The quantitative estimate of drug-likeness (QED) is 0.100. The number of nitriles is 1. The van der Waals surface area contributed by atoms with Gasteiger partial charge in [0.1, 0.15) is 0 Å². The monoisotopic (exact) mass is 557 g/mol. The normalized spacial score (nSPS) is 13.8. The van der Waals surface area contributed by atoms with Crippen molar-refractivity contribution in [2.45, 2.75) is 129 Å². The molecule has 0 bridgehead atoms. The van der Waals surface area contributed by atoms with Crippen molar-refractivity contribution < 1.29 is 23.2 Å². The van der Waals surface area contributed by atoms with E-state index >= 15 is 0 Å². The maximum Gasteiger partial charge on any atom is 0.472 e. The predicted molar refractivity (Wildman–Crippen MR) is 152 cm³/mol. The van der Waals surface area contributed by atoms with Crippen LogP contribution in [-0.2, 0) is 25.0 Å². The van der Waals surface area contributed by atoms with E-state index in [1.165, 1.54) is 89.9 Å². The number of ether oxygens (including phenoxy) is 1. The molecule has 6 nitrogen and oxygen atoms in total. The number of nitrogens with zero attached hydrogens (tertiary/aromatic N) is 1. The number of halogens is 1. The van der Waals surface area contributed by atoms with E-state index in [2.05, 4.69) is 17.5 Å². The van der Waals surface area contributed by atoms with Gasteiger partial charge in [-0.2, -0.15) is 5.26 Å². The van der Waals surface area contributed by atoms with Gasteiger partial charge >= 0.3 is 7.82 Å². The van der Waals surface area contributed by atoms with Crippen LogP contribution < -0.4 is 0 Å². The molecule has 0 fully saturated rings. The fourth-order valence-electron chi connectivity index (χ4n) is 4.38. The first-order chi connectivity index (χ1) is 17.9. The molecule has 1 aromatic carbocycles. The summed E-state index contributed by atoms with van der Waals surface area (Å²) in [6.07, 6.45) is 21.3. The number of benzene rings is 1. The highest BCUT2D eigenvalue weighted by molar-refractivity contribution is 7.47. The molecule has 1 unspecified atom stereocenters. The highest BCUT2D eigenvalue weighted by atomic mass is 35.5. The molecule has 0 saturated carbocycles. The van der Waals surface area contributed by atoms with Crippen LogP contribution >= 0.6 is 19.4 Å². The van der Waals surface area contributed by atoms with E-state index < -0.39 is 7.82 Å². The van der Waals surface area contributed by atoms with Crippen LogP contribution in [0.15, 0.2) is 18.2 Å². The van der Waals surface area contributed by atoms with Crippen LogP contribution in [-0.4, -0.2) is 24.7 Å². The van der Waals surface area contributed by atoms with Crippen molar-refractivity contribution in [1.82, 2.24) is 0 Å². The van der Waals surface area contributed by atoms with E-state index in [1.54, 1.807) is 18.2 Å². The fraction of sp³-hybridized carbons (Fsp3) is 0.759. The lowest BCUT2D eigenvalue weighted by Crippen LogP contribution is -2.19. The zero-order valence-electron chi connectivity index (χ0n) is 23.1. The Kier molecular flexibility index (Phi) is 20.2. The van der Waals surface area contributed by atoms with E-state index in [-0.39, 0.29) is 19.3 Å². The van der Waals surface area contributed by atoms with Crippen LogP contribution in [0.2, 0.25) is 5.02 Å². The molecule has 0 saturated heterocycles. The molecule has 2 atom stereocenters. The largest absolute Gasteiger partial charge is 0.472 e. The van der Waals surface area contributed by atoms with Crippen LogP contribution in [0.5, 0.6) is 0 Å². The molecule has 212 valence electrons. The van der Waals surface area contributed by atoms with E-state index in [0.29, 0.717) is 17.0 Å². The summed E-state index contributed by atoms with van der Waals surface area (Å²) in [7, 11) is -2.92. The molecule has 0 radical (unpaired) electrons. The van der Waals surface area contributed by atoms with Crippen LogP contribution in [0.1, 0.15) is 127 Å². The Balaban J connectivity index is 2.19. The SMILES string of the molecule is CCCCCCCCCCCCCCCCCC[C@H](COP(=O)(O)OC)OCc1cc(Cl)cc(C#N)c1. The summed E-state index contributed by atoms with van der Waals surface area (Å²) >= 11 is 6.08. The molecule has 0 spiro atoms. The Morgan fingerprint density at radius 1 is 0.892 bits per heavy atom. The lowest BCUT2D eigenvalue weighted by Gasteiger charge is -2.19. The van der Waals surface area contributed by atoms with Gasteiger partial charge in [0.05, 0.1) is 31.0 Å². The van der Waals surface area contributed by atoms with Gasteiger partial charge in [-0.3, -0.25) is 9.05 Å². The minimum absolute atomic E-state index is 0.0357. The third-order valence-corrected chi connectivity index (χ3v) is 7.76. The van der Waals surface area contributed by atoms with Gasteiger partial charge in [0.2, 0.25) is 0 Å². The topological polar surface area (TPSA) is 88.8 Å². The zero-order chi connectivity index (χ0) is 27.2. The molecule has 0 aliphatic rings. The predicted octanol–water partition coefficient (Wildman–Crippen LogP) is 9.51. The number of phosphoric acid groups is 1. The Bertz CT molecular complexity index is 801. The standard InChI is InChI=1S/C29H49ClNO5P/c1-3-4-5-6-7-8-9-10-11-12-13-14-15-16-17-18-19-29(25-36-37(32,33)34-2)35-24-27-20-26(23-31)21-28(30)22-27/h20-22,29H,3-19,24-25H2,1-2H3,(H,32,33)/t29-/m1/s1. The van der Waals surface area contributed by atoms with Gasteiger partial charge in [-0.1, -0.05) is 121 Å². The van der Waals surface area contributed by atoms with Crippen molar-refractivity contribution in [2.24, 2.45) is 0 Å². The number of rotatable bonds is 24. The van der Waals surface area contributed by atoms with Crippen molar-refractivity contribution >= 4 is 19.4 Å². The molecule has 1 rings (SSSR count). The molecule has 37 heavy (non-hydrogen) atoms. The molecule has 0 aliphatic carbocycles. The summed E-state index contributed by atoms with van der Waals surface area (Å²) < 4.78 is 27.3. The average Bonchev–Trinajstić information content (AvgIpc) is 2.89. The molecule has 0 aromatic heterocycles. The fourth-order valence-corrected chi connectivity index (χ4v) is 5.10. The van der Waals surface area contributed by atoms with Gasteiger partial charge < -0.3 is 9.63 Å². The Morgan fingerprint density at radius 3 is 1.89 bits per heavy atom. The maximum atomic E-state index is 11.7. The lowest BCUT2D eigenvalue weighted by molar-refractivity contribution is -0.00509. The Labute approximate surface area is 230 Å². The number of hydrogen-bond donors (Lipinski definition) is 1. The first-order valence-electron chi connectivity index (χ1n) is 14.2. The van der Waals surface area contributed by atoms with Gasteiger partial charge in [-0.25, -0.2) is 4.57 Å². The molecule has 0 heterocycles. The zero-order valence-corrected chi connectivity index (χ0v) is 24.7. The van der Waals surface area contributed by atoms with E-state index in [0.717, 1.165) is 25.5 Å². The molecule has 0 amide bonds. The van der Waals surface area contributed by atoms with Gasteiger partial charge in [0, 0.05) is 12.1 Å². The first kappa shape index (κ1) is 34.1. The summed E-state index contributed by atoms with van der Waals surface area (Å²) in [5, 5.41) is 9.61. The molecule has 8 heteroatoms. The minimum Gasteiger partial charge on any atom is -0.371 e. The second kappa shape index (κ2) is 21.9. The molecule has 0 aliphatic heterocycles. The van der Waals surface area contributed by atoms with Gasteiger partial charge in [0.25, 0.3) is 0 Å². The van der Waals surface area contributed by atoms with Crippen molar-refractivity contribution in [3.05, 3.63) is 34.3 Å². The highest BCUT2D eigenvalue weighted by Crippen LogP contribution is 2.42. The molecular weight excluding hydrogens is 509 g/mol. The van der Waals surface area contributed by atoms with Crippen LogP contribution in [0.3, 0.4) is 0 Å². The Morgan fingerprint density at radius 2 is 1.41 bits per heavy atom. The summed E-state index contributed by atoms with van der Waals surface area (Å²) in [5.41, 5.74) is 1.25. The Hall–Kier alpha value is -0.930. The molecular formula is C29H49ClNO5P. The van der Waals surface area contributed by atoms with E-state index in [4.69, 9.17) is 26.1 Å². The summed E-state index contributed by atoms with van der Waals surface area (Å²) in [5.74, 6) is 0. The number of phosphoric ester groups is 1. The highest BCUT2D eigenvalue weighted by Gasteiger charge is 2.22.